The lowest BCUT2D eigenvalue weighted by Crippen LogP contribution is -2.42. The molecule has 0 bridgehead atoms. The zero-order valence-corrected chi connectivity index (χ0v) is 14.2. The van der Waals surface area contributed by atoms with Crippen molar-refractivity contribution in [3.8, 4) is 16.9 Å². The van der Waals surface area contributed by atoms with Crippen LogP contribution in [0.15, 0.2) is 42.5 Å². The molecule has 2 heterocycles. The van der Waals surface area contributed by atoms with Crippen molar-refractivity contribution in [1.82, 2.24) is 10.4 Å². The van der Waals surface area contributed by atoms with Crippen molar-refractivity contribution in [3.63, 3.8) is 0 Å². The summed E-state index contributed by atoms with van der Waals surface area (Å²) in [5.74, 6) is 1.00. The molecule has 130 valence electrons. The highest BCUT2D eigenvalue weighted by Crippen LogP contribution is 2.30. The molecule has 0 atom stereocenters. The van der Waals surface area contributed by atoms with Crippen LogP contribution in [0.5, 0.6) is 5.75 Å². The number of fused-ring (bicyclic) bond motifs is 1. The number of carbonyl (C=O) groups excluding carboxylic acids is 1. The largest absolute Gasteiger partial charge is 0.493 e. The molecule has 1 saturated heterocycles. The highest BCUT2D eigenvalue weighted by molar-refractivity contribution is 5.73. The Kier molecular flexibility index (Phi) is 4.57. The van der Waals surface area contributed by atoms with Crippen LogP contribution in [0, 0.1) is 0 Å². The summed E-state index contributed by atoms with van der Waals surface area (Å²) >= 11 is 0. The van der Waals surface area contributed by atoms with E-state index in [9.17, 15) is 4.79 Å². The summed E-state index contributed by atoms with van der Waals surface area (Å²) in [5, 5.41) is 4.33. The molecule has 2 amide bonds. The van der Waals surface area contributed by atoms with Crippen molar-refractivity contribution in [2.45, 2.75) is 25.8 Å². The molecule has 2 aliphatic rings. The zero-order valence-electron chi connectivity index (χ0n) is 14.2. The standard InChI is InChI=1S/C20H22N2O3/c23-20(22-10-1-2-11-25-22)21-14-15-3-5-16(6-4-15)17-7-8-19-18(13-17)9-12-24-19/h3-8,13H,1-2,9-12,14H2,(H,21,23). The Morgan fingerprint density at radius 1 is 1.04 bits per heavy atom. The van der Waals surface area contributed by atoms with Crippen LogP contribution in [0.1, 0.15) is 24.0 Å². The van der Waals surface area contributed by atoms with E-state index in [-0.39, 0.29) is 6.03 Å². The predicted octanol–water partition coefficient (Wildman–Crippen LogP) is 3.53. The van der Waals surface area contributed by atoms with E-state index < -0.39 is 0 Å². The molecule has 2 aliphatic heterocycles. The average Bonchev–Trinajstić information content (AvgIpc) is 3.15. The Morgan fingerprint density at radius 3 is 2.68 bits per heavy atom. The third-order valence-electron chi connectivity index (χ3n) is 4.65. The third-order valence-corrected chi connectivity index (χ3v) is 4.65. The average molecular weight is 338 g/mol. The molecule has 5 heteroatoms. The fourth-order valence-corrected chi connectivity index (χ4v) is 3.20. The number of carbonyl (C=O) groups is 1. The van der Waals surface area contributed by atoms with Gasteiger partial charge in [0.15, 0.2) is 0 Å². The van der Waals surface area contributed by atoms with E-state index in [0.29, 0.717) is 19.7 Å². The SMILES string of the molecule is O=C(NCc1ccc(-c2ccc3c(c2)CCO3)cc1)N1CCCCO1. The Hall–Kier alpha value is -2.53. The number of rotatable bonds is 3. The van der Waals surface area contributed by atoms with E-state index in [1.54, 1.807) is 0 Å². The zero-order chi connectivity index (χ0) is 17.1. The molecule has 0 radical (unpaired) electrons. The molecule has 0 aromatic heterocycles. The fourth-order valence-electron chi connectivity index (χ4n) is 3.20. The van der Waals surface area contributed by atoms with Gasteiger partial charge in [0.2, 0.25) is 0 Å². The molecule has 0 aliphatic carbocycles. The highest BCUT2D eigenvalue weighted by atomic mass is 16.7. The number of amides is 2. The van der Waals surface area contributed by atoms with Crippen molar-refractivity contribution < 1.29 is 14.4 Å². The minimum atomic E-state index is -0.164. The molecule has 0 unspecified atom stereocenters. The van der Waals surface area contributed by atoms with Crippen molar-refractivity contribution >= 4 is 6.03 Å². The molecule has 5 nitrogen and oxygen atoms in total. The van der Waals surface area contributed by atoms with Crippen LogP contribution in [0.3, 0.4) is 0 Å². The van der Waals surface area contributed by atoms with Crippen molar-refractivity contribution in [1.29, 1.82) is 0 Å². The number of benzene rings is 2. The predicted molar refractivity (Wildman–Crippen MR) is 95.2 cm³/mol. The van der Waals surface area contributed by atoms with E-state index in [1.165, 1.54) is 21.8 Å². The van der Waals surface area contributed by atoms with Gasteiger partial charge in [-0.3, -0.25) is 4.84 Å². The van der Waals surface area contributed by atoms with Crippen molar-refractivity contribution in [2.24, 2.45) is 0 Å². The minimum Gasteiger partial charge on any atom is -0.493 e. The van der Waals surface area contributed by atoms with E-state index in [1.807, 2.05) is 6.07 Å². The summed E-state index contributed by atoms with van der Waals surface area (Å²) in [6.45, 7) is 2.55. The lowest BCUT2D eigenvalue weighted by atomic mass is 10.0. The fraction of sp³-hybridized carbons (Fsp3) is 0.350. The number of nitrogens with one attached hydrogen (secondary N) is 1. The number of hydrogen-bond acceptors (Lipinski definition) is 3. The van der Waals surface area contributed by atoms with Crippen LogP contribution in [-0.2, 0) is 17.8 Å². The van der Waals surface area contributed by atoms with E-state index in [0.717, 1.165) is 37.2 Å². The van der Waals surface area contributed by atoms with Gasteiger partial charge in [-0.1, -0.05) is 30.3 Å². The first-order valence-corrected chi connectivity index (χ1v) is 8.83. The summed E-state index contributed by atoms with van der Waals surface area (Å²) < 4.78 is 5.56. The molecule has 1 N–H and O–H groups in total. The lowest BCUT2D eigenvalue weighted by Gasteiger charge is -2.25. The molecule has 2 aromatic rings. The number of hydrogen-bond donors (Lipinski definition) is 1. The van der Waals surface area contributed by atoms with Gasteiger partial charge >= 0.3 is 6.03 Å². The van der Waals surface area contributed by atoms with Crippen molar-refractivity contribution in [2.75, 3.05) is 19.8 Å². The Balaban J connectivity index is 1.37. The van der Waals surface area contributed by atoms with Gasteiger partial charge in [0.1, 0.15) is 5.75 Å². The molecular formula is C20H22N2O3. The van der Waals surface area contributed by atoms with Gasteiger partial charge in [0, 0.05) is 13.0 Å². The summed E-state index contributed by atoms with van der Waals surface area (Å²) in [7, 11) is 0. The molecule has 0 spiro atoms. The van der Waals surface area contributed by atoms with Crippen LogP contribution in [0.4, 0.5) is 4.79 Å². The van der Waals surface area contributed by atoms with Gasteiger partial charge in [-0.05, 0) is 47.2 Å². The van der Waals surface area contributed by atoms with Crippen LogP contribution >= 0.6 is 0 Å². The molecule has 0 saturated carbocycles. The summed E-state index contributed by atoms with van der Waals surface area (Å²) in [6, 6.07) is 14.5. The van der Waals surface area contributed by atoms with Crippen LogP contribution < -0.4 is 10.1 Å². The van der Waals surface area contributed by atoms with Gasteiger partial charge in [-0.2, -0.15) is 0 Å². The Morgan fingerprint density at radius 2 is 1.88 bits per heavy atom. The molecule has 4 rings (SSSR count). The third kappa shape index (κ3) is 3.61. The second-order valence-corrected chi connectivity index (χ2v) is 6.42. The highest BCUT2D eigenvalue weighted by Gasteiger charge is 2.17. The topological polar surface area (TPSA) is 50.8 Å². The number of hydroxylamine groups is 2. The van der Waals surface area contributed by atoms with Gasteiger partial charge in [0.25, 0.3) is 0 Å². The maximum absolute atomic E-state index is 12.0. The molecule has 25 heavy (non-hydrogen) atoms. The molecule has 2 aromatic carbocycles. The molecular weight excluding hydrogens is 316 g/mol. The summed E-state index contributed by atoms with van der Waals surface area (Å²) in [6.07, 6.45) is 2.99. The smallest absolute Gasteiger partial charge is 0.341 e. The second kappa shape index (κ2) is 7.15. The maximum atomic E-state index is 12.0. The quantitative estimate of drug-likeness (QED) is 0.931. The minimum absolute atomic E-state index is 0.164. The Bertz CT molecular complexity index is 752. The van der Waals surface area contributed by atoms with Gasteiger partial charge < -0.3 is 10.1 Å². The lowest BCUT2D eigenvalue weighted by molar-refractivity contribution is -0.139. The number of nitrogens with zero attached hydrogens (tertiary/aromatic N) is 1. The normalized spacial score (nSPS) is 16.2. The van der Waals surface area contributed by atoms with Gasteiger partial charge in [-0.15, -0.1) is 0 Å². The first-order valence-electron chi connectivity index (χ1n) is 8.83. The summed E-state index contributed by atoms with van der Waals surface area (Å²) in [4.78, 5) is 17.4. The first-order chi connectivity index (χ1) is 12.3. The van der Waals surface area contributed by atoms with Crippen LogP contribution in [0.25, 0.3) is 11.1 Å². The van der Waals surface area contributed by atoms with Gasteiger partial charge in [0.05, 0.1) is 19.8 Å². The second-order valence-electron chi connectivity index (χ2n) is 6.42. The Labute approximate surface area is 147 Å². The number of urea groups is 1. The van der Waals surface area contributed by atoms with E-state index >= 15 is 0 Å². The summed E-state index contributed by atoms with van der Waals surface area (Å²) in [5.41, 5.74) is 4.71. The first kappa shape index (κ1) is 16.0. The monoisotopic (exact) mass is 338 g/mol. The maximum Gasteiger partial charge on any atom is 0.341 e. The number of ether oxygens (including phenoxy) is 1. The molecule has 1 fully saturated rings. The van der Waals surface area contributed by atoms with Gasteiger partial charge in [-0.25, -0.2) is 9.86 Å². The van der Waals surface area contributed by atoms with Crippen LogP contribution in [0.2, 0.25) is 0 Å². The van der Waals surface area contributed by atoms with E-state index in [2.05, 4.69) is 41.7 Å². The van der Waals surface area contributed by atoms with Crippen LogP contribution in [-0.4, -0.2) is 30.9 Å². The van der Waals surface area contributed by atoms with E-state index in [4.69, 9.17) is 9.57 Å². The van der Waals surface area contributed by atoms with Crippen molar-refractivity contribution in [3.05, 3.63) is 53.6 Å².